The Morgan fingerprint density at radius 3 is 2.55 bits per heavy atom. The number of rotatable bonds is 7. The molecule has 11 heteroatoms. The van der Waals surface area contributed by atoms with Crippen molar-refractivity contribution in [3.8, 4) is 0 Å². The lowest BCUT2D eigenvalue weighted by atomic mass is 10.0. The van der Waals surface area contributed by atoms with E-state index in [9.17, 15) is 24.0 Å². The number of nitrogens with zero attached hydrogens (tertiary/aromatic N) is 3. The van der Waals surface area contributed by atoms with Crippen LogP contribution < -0.4 is 16.4 Å². The van der Waals surface area contributed by atoms with E-state index in [0.717, 1.165) is 31.0 Å². The van der Waals surface area contributed by atoms with Gasteiger partial charge in [-0.1, -0.05) is 6.07 Å². The second-order valence-electron chi connectivity index (χ2n) is 8.38. The Balaban J connectivity index is 1.33. The van der Waals surface area contributed by atoms with Gasteiger partial charge in [0.2, 0.25) is 17.7 Å². The summed E-state index contributed by atoms with van der Waals surface area (Å²) in [6.45, 7) is 4.39. The van der Waals surface area contributed by atoms with E-state index in [1.807, 2.05) is 0 Å². The monoisotopic (exact) mass is 456 g/mol. The van der Waals surface area contributed by atoms with Crippen LogP contribution in [0, 0.1) is 0 Å². The summed E-state index contributed by atoms with van der Waals surface area (Å²) in [4.78, 5) is 66.3. The van der Waals surface area contributed by atoms with Gasteiger partial charge in [0.25, 0.3) is 11.8 Å². The van der Waals surface area contributed by atoms with Crippen molar-refractivity contribution < 1.29 is 24.0 Å². The summed E-state index contributed by atoms with van der Waals surface area (Å²) in [5.41, 5.74) is 6.50. The molecule has 2 saturated heterocycles. The molecule has 33 heavy (non-hydrogen) atoms. The first kappa shape index (κ1) is 22.9. The maximum Gasteiger partial charge on any atom is 0.264 e. The van der Waals surface area contributed by atoms with E-state index in [-0.39, 0.29) is 36.4 Å². The first-order chi connectivity index (χ1) is 15.9. The molecule has 4 N–H and O–H groups in total. The lowest BCUT2D eigenvalue weighted by molar-refractivity contribution is -0.136. The Morgan fingerprint density at radius 1 is 1.09 bits per heavy atom. The van der Waals surface area contributed by atoms with Crippen molar-refractivity contribution in [2.45, 2.75) is 25.3 Å². The minimum absolute atomic E-state index is 0.0279. The van der Waals surface area contributed by atoms with Crippen LogP contribution in [0.1, 0.15) is 40.0 Å². The number of fused-ring (bicyclic) bond motifs is 1. The van der Waals surface area contributed by atoms with Crippen molar-refractivity contribution in [1.82, 2.24) is 20.0 Å². The quantitative estimate of drug-likeness (QED) is 0.350. The average molecular weight is 457 g/mol. The number of piperidine rings is 1. The number of imide groups is 2. The topological polar surface area (TPSA) is 145 Å². The van der Waals surface area contributed by atoms with Crippen molar-refractivity contribution in [2.24, 2.45) is 5.73 Å². The van der Waals surface area contributed by atoms with Gasteiger partial charge in [0.15, 0.2) is 0 Å². The third-order valence-electron chi connectivity index (χ3n) is 6.33. The van der Waals surface area contributed by atoms with Crippen molar-refractivity contribution in [1.29, 1.82) is 0 Å². The molecule has 0 spiro atoms. The van der Waals surface area contributed by atoms with E-state index in [0.29, 0.717) is 25.3 Å². The molecule has 0 bridgehead atoms. The number of amides is 5. The smallest absolute Gasteiger partial charge is 0.264 e. The van der Waals surface area contributed by atoms with Gasteiger partial charge in [0.1, 0.15) is 6.04 Å². The molecular weight excluding hydrogens is 428 g/mol. The third-order valence-corrected chi connectivity index (χ3v) is 6.33. The van der Waals surface area contributed by atoms with E-state index < -0.39 is 29.7 Å². The van der Waals surface area contributed by atoms with Crippen LogP contribution in [-0.2, 0) is 14.4 Å². The molecule has 3 aliphatic rings. The van der Waals surface area contributed by atoms with Gasteiger partial charge in [0.05, 0.1) is 17.7 Å². The van der Waals surface area contributed by atoms with E-state index in [1.165, 1.54) is 0 Å². The zero-order valence-corrected chi connectivity index (χ0v) is 18.3. The normalized spacial score (nSPS) is 21.3. The highest BCUT2D eigenvalue weighted by Crippen LogP contribution is 2.32. The Hall–Kier alpha value is -3.31. The molecule has 1 unspecified atom stereocenters. The maximum absolute atomic E-state index is 13.1. The van der Waals surface area contributed by atoms with Crippen LogP contribution in [0.25, 0.3) is 0 Å². The summed E-state index contributed by atoms with van der Waals surface area (Å²) in [6.07, 6.45) is 1.03. The standard InChI is InChI=1S/C22H28N6O5/c23-13-18(30)27-11-9-26(10-12-27)8-2-7-24-15-4-1-3-14-19(15)22(33)28(21(14)32)16-5-6-17(29)25-20(16)31/h1,3-4,16,24H,2,5-13,23H2,(H,25,29,31). The third kappa shape index (κ3) is 4.60. The molecule has 3 heterocycles. The molecule has 5 amide bonds. The van der Waals surface area contributed by atoms with Crippen LogP contribution in [0.3, 0.4) is 0 Å². The Morgan fingerprint density at radius 2 is 1.85 bits per heavy atom. The minimum Gasteiger partial charge on any atom is -0.384 e. The summed E-state index contributed by atoms with van der Waals surface area (Å²) < 4.78 is 0. The number of carbonyl (C=O) groups is 5. The van der Waals surface area contributed by atoms with E-state index >= 15 is 0 Å². The molecular formula is C22H28N6O5. The second-order valence-corrected chi connectivity index (χ2v) is 8.38. The largest absolute Gasteiger partial charge is 0.384 e. The van der Waals surface area contributed by atoms with Gasteiger partial charge in [-0.2, -0.15) is 0 Å². The lowest BCUT2D eigenvalue weighted by Gasteiger charge is -2.34. The zero-order chi connectivity index (χ0) is 23.5. The molecule has 0 radical (unpaired) electrons. The summed E-state index contributed by atoms with van der Waals surface area (Å²) in [7, 11) is 0. The van der Waals surface area contributed by atoms with Gasteiger partial charge >= 0.3 is 0 Å². The molecule has 1 aromatic carbocycles. The van der Waals surface area contributed by atoms with Crippen LogP contribution in [0.4, 0.5) is 5.69 Å². The van der Waals surface area contributed by atoms with Crippen molar-refractivity contribution in [2.75, 3.05) is 51.1 Å². The van der Waals surface area contributed by atoms with E-state index in [2.05, 4.69) is 15.5 Å². The number of nitrogens with two attached hydrogens (primary N) is 1. The first-order valence-corrected chi connectivity index (χ1v) is 11.2. The van der Waals surface area contributed by atoms with Crippen LogP contribution in [0.15, 0.2) is 18.2 Å². The molecule has 2 fully saturated rings. The predicted molar refractivity (Wildman–Crippen MR) is 118 cm³/mol. The number of piperazine rings is 1. The van der Waals surface area contributed by atoms with Crippen LogP contribution in [-0.4, -0.2) is 96.1 Å². The number of hydrogen-bond donors (Lipinski definition) is 3. The molecule has 11 nitrogen and oxygen atoms in total. The van der Waals surface area contributed by atoms with Crippen molar-refractivity contribution in [3.63, 3.8) is 0 Å². The Kier molecular flexibility index (Phi) is 6.70. The Labute approximate surface area is 191 Å². The average Bonchev–Trinajstić information content (AvgIpc) is 3.07. The SMILES string of the molecule is NCC(=O)N1CCN(CCCNc2cccc3c2C(=O)N(C2CCC(=O)NC2=O)C3=O)CC1. The van der Waals surface area contributed by atoms with Gasteiger partial charge in [-0.3, -0.25) is 39.1 Å². The fraction of sp³-hybridized carbons (Fsp3) is 0.500. The van der Waals surface area contributed by atoms with Gasteiger partial charge in [-0.05, 0) is 31.5 Å². The van der Waals surface area contributed by atoms with Crippen molar-refractivity contribution in [3.05, 3.63) is 29.3 Å². The molecule has 0 aliphatic carbocycles. The van der Waals surface area contributed by atoms with Crippen molar-refractivity contribution >= 4 is 35.2 Å². The number of carbonyl (C=O) groups excluding carboxylic acids is 5. The van der Waals surface area contributed by atoms with E-state index in [1.54, 1.807) is 23.1 Å². The van der Waals surface area contributed by atoms with Crippen LogP contribution in [0.5, 0.6) is 0 Å². The van der Waals surface area contributed by atoms with Gasteiger partial charge in [0, 0.05) is 44.8 Å². The predicted octanol–water partition coefficient (Wildman–Crippen LogP) is -1.01. The molecule has 4 rings (SSSR count). The number of anilines is 1. The second kappa shape index (κ2) is 9.67. The van der Waals surface area contributed by atoms with Gasteiger partial charge in [-0.15, -0.1) is 0 Å². The van der Waals surface area contributed by atoms with Crippen LogP contribution in [0.2, 0.25) is 0 Å². The first-order valence-electron chi connectivity index (χ1n) is 11.2. The Bertz CT molecular complexity index is 987. The highest BCUT2D eigenvalue weighted by molar-refractivity contribution is 6.25. The molecule has 1 atom stereocenters. The molecule has 1 aromatic rings. The number of nitrogens with one attached hydrogen (secondary N) is 2. The van der Waals surface area contributed by atoms with Gasteiger partial charge in [-0.25, -0.2) is 0 Å². The number of benzene rings is 1. The summed E-state index contributed by atoms with van der Waals surface area (Å²) >= 11 is 0. The fourth-order valence-corrected chi connectivity index (χ4v) is 4.54. The van der Waals surface area contributed by atoms with Crippen LogP contribution >= 0.6 is 0 Å². The molecule has 3 aliphatic heterocycles. The highest BCUT2D eigenvalue weighted by atomic mass is 16.2. The molecule has 0 saturated carbocycles. The summed E-state index contributed by atoms with van der Waals surface area (Å²) in [6, 6.07) is 4.05. The molecule has 176 valence electrons. The lowest BCUT2D eigenvalue weighted by Crippen LogP contribution is -2.54. The zero-order valence-electron chi connectivity index (χ0n) is 18.3. The minimum atomic E-state index is -0.979. The molecule has 0 aromatic heterocycles. The summed E-state index contributed by atoms with van der Waals surface area (Å²) in [5, 5.41) is 5.45. The number of hydrogen-bond acceptors (Lipinski definition) is 8. The highest BCUT2D eigenvalue weighted by Gasteiger charge is 2.45. The maximum atomic E-state index is 13.1. The summed E-state index contributed by atoms with van der Waals surface area (Å²) in [5.74, 6) is -2.09. The fourth-order valence-electron chi connectivity index (χ4n) is 4.54. The van der Waals surface area contributed by atoms with Gasteiger partial charge < -0.3 is 16.0 Å². The van der Waals surface area contributed by atoms with E-state index in [4.69, 9.17) is 5.73 Å².